The number of carboxylic acid groups (broad SMARTS) is 1. The normalized spacial score (nSPS) is 17.1. The van der Waals surface area contributed by atoms with E-state index >= 15 is 0 Å². The molecule has 0 saturated heterocycles. The van der Waals surface area contributed by atoms with Crippen LogP contribution < -0.4 is 5.32 Å². The second kappa shape index (κ2) is 8.56. The number of rotatable bonds is 7. The standard InChI is InChI=1S/C22H30N2O3/c1-21(2,3)18(19(25)26)22(12-4-5-13-22)20(27)24-14-6-7-16-8-10-17(15-23)11-9-16/h8-11,18H,4-7,12-14H2,1-3H3,(H,24,27)(H,25,26). The lowest BCUT2D eigenvalue weighted by molar-refractivity contribution is -0.159. The van der Waals surface area contributed by atoms with Crippen molar-refractivity contribution in [1.82, 2.24) is 5.32 Å². The third kappa shape index (κ3) is 4.88. The number of nitriles is 1. The quantitative estimate of drug-likeness (QED) is 0.712. The Hall–Kier alpha value is -2.35. The molecule has 1 aliphatic carbocycles. The molecule has 1 aromatic rings. The van der Waals surface area contributed by atoms with Crippen molar-refractivity contribution in [2.24, 2.45) is 16.7 Å². The van der Waals surface area contributed by atoms with Crippen LogP contribution >= 0.6 is 0 Å². The minimum Gasteiger partial charge on any atom is -0.481 e. The molecule has 1 aromatic carbocycles. The zero-order chi connectivity index (χ0) is 20.1. The summed E-state index contributed by atoms with van der Waals surface area (Å²) in [5, 5.41) is 21.7. The average Bonchev–Trinajstić information content (AvgIpc) is 3.07. The largest absolute Gasteiger partial charge is 0.481 e. The fraction of sp³-hybridized carbons (Fsp3) is 0.591. The molecule has 0 aliphatic heterocycles. The summed E-state index contributed by atoms with van der Waals surface area (Å²) in [6.45, 7) is 6.25. The number of aliphatic carboxylic acids is 1. The Balaban J connectivity index is 1.98. The van der Waals surface area contributed by atoms with Gasteiger partial charge in [-0.2, -0.15) is 5.26 Å². The molecule has 1 unspecified atom stereocenters. The summed E-state index contributed by atoms with van der Waals surface area (Å²) in [6, 6.07) is 9.55. The second-order valence-corrected chi connectivity index (χ2v) is 8.67. The molecule has 27 heavy (non-hydrogen) atoms. The molecule has 0 spiro atoms. The fourth-order valence-corrected chi connectivity index (χ4v) is 4.50. The first-order valence-electron chi connectivity index (χ1n) is 9.71. The van der Waals surface area contributed by atoms with E-state index in [9.17, 15) is 14.7 Å². The van der Waals surface area contributed by atoms with Gasteiger partial charge in [0.05, 0.1) is 23.0 Å². The monoisotopic (exact) mass is 370 g/mol. The SMILES string of the molecule is CC(C)(C)C(C(=O)O)C1(C(=O)NCCCc2ccc(C#N)cc2)CCCC1. The van der Waals surface area contributed by atoms with Gasteiger partial charge in [0.25, 0.3) is 0 Å². The summed E-state index contributed by atoms with van der Waals surface area (Å²) < 4.78 is 0. The molecular formula is C22H30N2O3. The van der Waals surface area contributed by atoms with Crippen LogP contribution in [0.4, 0.5) is 0 Å². The van der Waals surface area contributed by atoms with Gasteiger partial charge >= 0.3 is 5.97 Å². The maximum Gasteiger partial charge on any atom is 0.308 e. The molecule has 0 bridgehead atoms. The zero-order valence-electron chi connectivity index (χ0n) is 16.5. The van der Waals surface area contributed by atoms with E-state index in [1.807, 2.05) is 32.9 Å². The molecule has 0 heterocycles. The highest BCUT2D eigenvalue weighted by Crippen LogP contribution is 2.51. The summed E-state index contributed by atoms with van der Waals surface area (Å²) in [7, 11) is 0. The van der Waals surface area contributed by atoms with Crippen LogP contribution in [-0.4, -0.2) is 23.5 Å². The lowest BCUT2D eigenvalue weighted by atomic mass is 9.62. The summed E-state index contributed by atoms with van der Waals surface area (Å²) in [4.78, 5) is 25.1. The maximum absolute atomic E-state index is 13.0. The number of benzene rings is 1. The van der Waals surface area contributed by atoms with Crippen molar-refractivity contribution in [2.75, 3.05) is 6.54 Å². The highest BCUT2D eigenvalue weighted by molar-refractivity contribution is 5.89. The van der Waals surface area contributed by atoms with Gasteiger partial charge in [-0.25, -0.2) is 0 Å². The number of aryl methyl sites for hydroxylation is 1. The van der Waals surface area contributed by atoms with Crippen molar-refractivity contribution < 1.29 is 14.7 Å². The first kappa shape index (κ1) is 21.0. The smallest absolute Gasteiger partial charge is 0.308 e. The van der Waals surface area contributed by atoms with Crippen LogP contribution in [-0.2, 0) is 16.0 Å². The maximum atomic E-state index is 13.0. The number of carbonyl (C=O) groups is 2. The van der Waals surface area contributed by atoms with Crippen LogP contribution in [0.2, 0.25) is 0 Å². The van der Waals surface area contributed by atoms with Crippen molar-refractivity contribution >= 4 is 11.9 Å². The zero-order valence-corrected chi connectivity index (χ0v) is 16.5. The topological polar surface area (TPSA) is 90.2 Å². The van der Waals surface area contributed by atoms with Gasteiger partial charge in [-0.3, -0.25) is 9.59 Å². The Morgan fingerprint density at radius 2 is 1.81 bits per heavy atom. The third-order valence-electron chi connectivity index (χ3n) is 5.62. The predicted molar refractivity (Wildman–Crippen MR) is 104 cm³/mol. The summed E-state index contributed by atoms with van der Waals surface area (Å²) >= 11 is 0. The minimum atomic E-state index is -0.878. The first-order valence-corrected chi connectivity index (χ1v) is 9.71. The molecule has 2 rings (SSSR count). The van der Waals surface area contributed by atoms with Gasteiger partial charge < -0.3 is 10.4 Å². The predicted octanol–water partition coefficient (Wildman–Crippen LogP) is 3.91. The van der Waals surface area contributed by atoms with Crippen LogP contribution in [0.3, 0.4) is 0 Å². The number of hydrogen-bond acceptors (Lipinski definition) is 3. The van der Waals surface area contributed by atoms with Crippen molar-refractivity contribution in [3.63, 3.8) is 0 Å². The lowest BCUT2D eigenvalue weighted by Gasteiger charge is -2.41. The van der Waals surface area contributed by atoms with E-state index in [4.69, 9.17) is 5.26 Å². The molecule has 0 aromatic heterocycles. The van der Waals surface area contributed by atoms with Crippen molar-refractivity contribution in [2.45, 2.75) is 59.3 Å². The third-order valence-corrected chi connectivity index (χ3v) is 5.62. The molecule has 1 atom stereocenters. The number of nitrogens with one attached hydrogen (secondary N) is 1. The van der Waals surface area contributed by atoms with Crippen LogP contribution in [0.25, 0.3) is 0 Å². The Kier molecular flexibility index (Phi) is 6.64. The Morgan fingerprint density at radius 3 is 2.30 bits per heavy atom. The molecule has 1 amide bonds. The van der Waals surface area contributed by atoms with Gasteiger partial charge in [-0.1, -0.05) is 45.7 Å². The Bertz CT molecular complexity index is 705. The fourth-order valence-electron chi connectivity index (χ4n) is 4.50. The van der Waals surface area contributed by atoms with Crippen LogP contribution in [0, 0.1) is 28.1 Å². The highest BCUT2D eigenvalue weighted by atomic mass is 16.4. The molecule has 1 fully saturated rings. The highest BCUT2D eigenvalue weighted by Gasteiger charge is 2.54. The molecule has 2 N–H and O–H groups in total. The Labute approximate surface area is 161 Å². The number of nitrogens with zero attached hydrogens (tertiary/aromatic N) is 1. The summed E-state index contributed by atoms with van der Waals surface area (Å²) in [6.07, 6.45) is 4.67. The molecule has 5 nitrogen and oxygen atoms in total. The van der Waals surface area contributed by atoms with Gasteiger partial charge in [-0.05, 0) is 48.8 Å². The molecule has 1 aliphatic rings. The Morgan fingerprint density at radius 1 is 1.22 bits per heavy atom. The first-order chi connectivity index (χ1) is 12.7. The van der Waals surface area contributed by atoms with E-state index in [0.29, 0.717) is 24.9 Å². The average molecular weight is 370 g/mol. The van der Waals surface area contributed by atoms with Gasteiger partial charge in [0.2, 0.25) is 5.91 Å². The number of carbonyl (C=O) groups excluding carboxylic acids is 1. The van der Waals surface area contributed by atoms with E-state index in [0.717, 1.165) is 31.2 Å². The van der Waals surface area contributed by atoms with Gasteiger partial charge in [0, 0.05) is 6.54 Å². The number of amides is 1. The van der Waals surface area contributed by atoms with E-state index in [1.165, 1.54) is 0 Å². The molecule has 0 radical (unpaired) electrons. The van der Waals surface area contributed by atoms with Gasteiger partial charge in [-0.15, -0.1) is 0 Å². The molecule has 5 heteroatoms. The van der Waals surface area contributed by atoms with Gasteiger partial charge in [0.15, 0.2) is 0 Å². The molecular weight excluding hydrogens is 340 g/mol. The number of carboxylic acids is 1. The van der Waals surface area contributed by atoms with Gasteiger partial charge in [0.1, 0.15) is 0 Å². The second-order valence-electron chi connectivity index (χ2n) is 8.67. The van der Waals surface area contributed by atoms with Crippen molar-refractivity contribution in [1.29, 1.82) is 5.26 Å². The van der Waals surface area contributed by atoms with Crippen molar-refractivity contribution in [3.8, 4) is 6.07 Å². The van der Waals surface area contributed by atoms with Crippen LogP contribution in [0.5, 0.6) is 0 Å². The van der Waals surface area contributed by atoms with Crippen molar-refractivity contribution in [3.05, 3.63) is 35.4 Å². The van der Waals surface area contributed by atoms with E-state index in [2.05, 4.69) is 11.4 Å². The van der Waals surface area contributed by atoms with Crippen LogP contribution in [0.15, 0.2) is 24.3 Å². The summed E-state index contributed by atoms with van der Waals surface area (Å²) in [5.41, 5.74) is 0.475. The van der Waals surface area contributed by atoms with E-state index in [-0.39, 0.29) is 5.91 Å². The molecule has 146 valence electrons. The van der Waals surface area contributed by atoms with E-state index in [1.54, 1.807) is 12.1 Å². The van der Waals surface area contributed by atoms with Crippen LogP contribution in [0.1, 0.15) is 64.0 Å². The lowest BCUT2D eigenvalue weighted by Crippen LogP contribution is -2.51. The minimum absolute atomic E-state index is 0.109. The number of hydrogen-bond donors (Lipinski definition) is 2. The van der Waals surface area contributed by atoms with E-state index < -0.39 is 22.7 Å². The summed E-state index contributed by atoms with van der Waals surface area (Å²) in [5.74, 6) is -1.68. The molecule has 1 saturated carbocycles.